The van der Waals surface area contributed by atoms with Gasteiger partial charge in [0.1, 0.15) is 0 Å². The molecule has 0 saturated carbocycles. The number of rotatable bonds is 1. The molecule has 12 heavy (non-hydrogen) atoms. The van der Waals surface area contributed by atoms with E-state index < -0.39 is 0 Å². The number of benzene rings is 1. The van der Waals surface area contributed by atoms with Crippen LogP contribution in [0.15, 0.2) is 10.9 Å². The molecule has 0 fully saturated rings. The maximum Gasteiger partial charge on any atom is 0.195 e. The first-order valence-corrected chi connectivity index (χ1v) is 4.34. The quantitative estimate of drug-likeness (QED) is 0.625. The molecule has 0 aliphatic carbocycles. The Hall–Kier alpha value is -1.11. The second kappa shape index (κ2) is 2.19. The van der Waals surface area contributed by atoms with Crippen molar-refractivity contribution in [3.05, 3.63) is 33.0 Å². The van der Waals surface area contributed by atoms with Crippen molar-refractivity contribution in [2.45, 2.75) is 27.2 Å². The van der Waals surface area contributed by atoms with Crippen molar-refractivity contribution in [3.63, 3.8) is 0 Å². The Morgan fingerprint density at radius 2 is 1.92 bits per heavy atom. The predicted molar refractivity (Wildman–Crippen MR) is 51.4 cm³/mol. The van der Waals surface area contributed by atoms with Crippen molar-refractivity contribution < 1.29 is 0 Å². The summed E-state index contributed by atoms with van der Waals surface area (Å²) in [6, 6.07) is 2.14. The van der Waals surface area contributed by atoms with Crippen molar-refractivity contribution >= 4 is 10.8 Å². The van der Waals surface area contributed by atoms with Crippen LogP contribution in [-0.2, 0) is 6.42 Å². The molecule has 2 aromatic rings. The summed E-state index contributed by atoms with van der Waals surface area (Å²) < 4.78 is 0. The van der Waals surface area contributed by atoms with Crippen molar-refractivity contribution in [3.8, 4) is 0 Å². The van der Waals surface area contributed by atoms with Gasteiger partial charge in [-0.3, -0.25) is 4.79 Å². The van der Waals surface area contributed by atoms with E-state index in [0.717, 1.165) is 22.8 Å². The highest BCUT2D eigenvalue weighted by Gasteiger charge is 2.18. The second-order valence-corrected chi connectivity index (χ2v) is 3.41. The zero-order valence-electron chi connectivity index (χ0n) is 7.69. The van der Waals surface area contributed by atoms with Crippen LogP contribution in [0.2, 0.25) is 0 Å². The summed E-state index contributed by atoms with van der Waals surface area (Å²) >= 11 is 0. The summed E-state index contributed by atoms with van der Waals surface area (Å²) in [6.45, 7) is 6.19. The van der Waals surface area contributed by atoms with Crippen molar-refractivity contribution in [2.75, 3.05) is 0 Å². The molecule has 62 valence electrons. The van der Waals surface area contributed by atoms with E-state index in [4.69, 9.17) is 0 Å². The summed E-state index contributed by atoms with van der Waals surface area (Å²) in [4.78, 5) is 11.3. The van der Waals surface area contributed by atoms with Gasteiger partial charge in [-0.25, -0.2) is 0 Å². The second-order valence-electron chi connectivity index (χ2n) is 3.41. The van der Waals surface area contributed by atoms with Crippen LogP contribution in [-0.4, -0.2) is 0 Å². The Morgan fingerprint density at radius 3 is 2.50 bits per heavy atom. The molecule has 2 aromatic carbocycles. The van der Waals surface area contributed by atoms with Gasteiger partial charge >= 0.3 is 0 Å². The fourth-order valence-corrected chi connectivity index (χ4v) is 1.87. The molecule has 1 heteroatoms. The SMILES string of the molecule is CCc1cc(C)c2c(=O)c2c1C. The van der Waals surface area contributed by atoms with E-state index in [1.54, 1.807) is 0 Å². The van der Waals surface area contributed by atoms with Gasteiger partial charge in [-0.1, -0.05) is 13.0 Å². The zero-order chi connectivity index (χ0) is 8.88. The van der Waals surface area contributed by atoms with Crippen LogP contribution in [0.25, 0.3) is 10.8 Å². The molecule has 0 aliphatic rings. The van der Waals surface area contributed by atoms with Crippen molar-refractivity contribution in [1.29, 1.82) is 0 Å². The topological polar surface area (TPSA) is 17.1 Å². The molecule has 0 atom stereocenters. The normalized spacial score (nSPS) is 11.6. The summed E-state index contributed by atoms with van der Waals surface area (Å²) in [6.07, 6.45) is 1.02. The summed E-state index contributed by atoms with van der Waals surface area (Å²) in [5.74, 6) is 0. The minimum atomic E-state index is 0.268. The molecule has 0 amide bonds. The predicted octanol–water partition coefficient (Wildman–Crippen LogP) is 2.25. The highest BCUT2D eigenvalue weighted by Crippen LogP contribution is 2.26. The first-order valence-electron chi connectivity index (χ1n) is 4.34. The molecule has 0 N–H and O–H groups in total. The molecule has 2 rings (SSSR count). The van der Waals surface area contributed by atoms with E-state index in [1.165, 1.54) is 11.1 Å². The molecule has 0 aromatic heterocycles. The summed E-state index contributed by atoms with van der Waals surface area (Å²) in [5, 5.41) is 1.97. The van der Waals surface area contributed by atoms with E-state index in [1.807, 2.05) is 13.8 Å². The van der Waals surface area contributed by atoms with Crippen LogP contribution in [0.1, 0.15) is 23.6 Å². The molecular formula is C11H12O. The van der Waals surface area contributed by atoms with Crippen LogP contribution in [0.3, 0.4) is 0 Å². The minimum Gasteiger partial charge on any atom is -0.289 e. The Bertz CT molecular complexity index is 456. The number of hydrogen-bond acceptors (Lipinski definition) is 1. The van der Waals surface area contributed by atoms with Gasteiger partial charge in [0.15, 0.2) is 5.43 Å². The van der Waals surface area contributed by atoms with Gasteiger partial charge in [0.25, 0.3) is 0 Å². The van der Waals surface area contributed by atoms with Gasteiger partial charge in [0, 0.05) is 10.8 Å². The Kier molecular flexibility index (Phi) is 1.38. The van der Waals surface area contributed by atoms with Crippen LogP contribution < -0.4 is 5.43 Å². The van der Waals surface area contributed by atoms with Gasteiger partial charge < -0.3 is 0 Å². The summed E-state index contributed by atoms with van der Waals surface area (Å²) in [5.41, 5.74) is 3.93. The Morgan fingerprint density at radius 1 is 1.25 bits per heavy atom. The lowest BCUT2D eigenvalue weighted by atomic mass is 10.0. The smallest absolute Gasteiger partial charge is 0.195 e. The maximum absolute atomic E-state index is 11.3. The first kappa shape index (κ1) is 7.53. The zero-order valence-corrected chi connectivity index (χ0v) is 7.69. The third-order valence-corrected chi connectivity index (χ3v) is 2.66. The number of fused-ring (bicyclic) bond motifs is 1. The van der Waals surface area contributed by atoms with E-state index in [-0.39, 0.29) is 5.43 Å². The van der Waals surface area contributed by atoms with Crippen molar-refractivity contribution in [1.82, 2.24) is 0 Å². The third kappa shape index (κ3) is 0.765. The van der Waals surface area contributed by atoms with E-state index >= 15 is 0 Å². The summed E-state index contributed by atoms with van der Waals surface area (Å²) in [7, 11) is 0. The average Bonchev–Trinajstić information content (AvgIpc) is 2.71. The largest absolute Gasteiger partial charge is 0.289 e. The number of aryl methyl sites for hydroxylation is 3. The highest BCUT2D eigenvalue weighted by atomic mass is 16.1. The van der Waals surface area contributed by atoms with Gasteiger partial charge in [-0.05, 0) is 37.0 Å². The fourth-order valence-electron chi connectivity index (χ4n) is 1.87. The molecule has 0 aliphatic heterocycles. The third-order valence-electron chi connectivity index (χ3n) is 2.66. The monoisotopic (exact) mass is 160 g/mol. The lowest BCUT2D eigenvalue weighted by Gasteiger charge is -2.00. The highest BCUT2D eigenvalue weighted by molar-refractivity contribution is 6.02. The average molecular weight is 160 g/mol. The van der Waals surface area contributed by atoms with E-state index in [9.17, 15) is 4.79 Å². The van der Waals surface area contributed by atoms with Crippen molar-refractivity contribution in [2.24, 2.45) is 0 Å². The molecule has 0 heterocycles. The molecule has 0 saturated heterocycles. The minimum absolute atomic E-state index is 0.268. The van der Waals surface area contributed by atoms with Crippen LogP contribution in [0, 0.1) is 13.8 Å². The van der Waals surface area contributed by atoms with Gasteiger partial charge in [-0.2, -0.15) is 0 Å². The first-order chi connectivity index (χ1) is 5.66. The maximum atomic E-state index is 11.3. The van der Waals surface area contributed by atoms with Crippen LogP contribution >= 0.6 is 0 Å². The van der Waals surface area contributed by atoms with Gasteiger partial charge in [0.2, 0.25) is 0 Å². The standard InChI is InChI=1S/C11H12O/c1-4-8-5-6(2)9-10(7(8)3)11(9)12/h5H,4H2,1-3H3. The van der Waals surface area contributed by atoms with E-state index in [2.05, 4.69) is 13.0 Å². The lowest BCUT2D eigenvalue weighted by Crippen LogP contribution is -1.84. The molecule has 0 radical (unpaired) electrons. The van der Waals surface area contributed by atoms with Gasteiger partial charge in [-0.15, -0.1) is 0 Å². The fraction of sp³-hybridized carbons (Fsp3) is 0.364. The van der Waals surface area contributed by atoms with Crippen LogP contribution in [0.5, 0.6) is 0 Å². The van der Waals surface area contributed by atoms with E-state index in [0.29, 0.717) is 0 Å². The van der Waals surface area contributed by atoms with Crippen LogP contribution in [0.4, 0.5) is 0 Å². The Balaban J connectivity index is 2.81. The molecule has 0 unspecified atom stereocenters. The number of hydrogen-bond donors (Lipinski definition) is 0. The molecule has 0 spiro atoms. The lowest BCUT2D eigenvalue weighted by molar-refractivity contribution is 1.12. The van der Waals surface area contributed by atoms with Gasteiger partial charge in [0.05, 0.1) is 0 Å². The molecular weight excluding hydrogens is 148 g/mol. The molecule has 0 bridgehead atoms. The Labute approximate surface area is 71.7 Å². The molecule has 1 nitrogen and oxygen atoms in total.